The number of nitrogens with one attached hydrogen (secondary N) is 1. The van der Waals surface area contributed by atoms with E-state index in [2.05, 4.69) is 5.32 Å². The third-order valence-corrected chi connectivity index (χ3v) is 3.64. The minimum absolute atomic E-state index is 0.218. The van der Waals surface area contributed by atoms with Gasteiger partial charge in [-0.25, -0.2) is 4.79 Å². The first-order valence-electron chi connectivity index (χ1n) is 8.14. The van der Waals surface area contributed by atoms with Gasteiger partial charge in [0.25, 0.3) is 0 Å². The number of nitrogens with two attached hydrogens (primary N) is 1. The van der Waals surface area contributed by atoms with E-state index in [9.17, 15) is 14.7 Å². The lowest BCUT2D eigenvalue weighted by atomic mass is 10.0. The fourth-order valence-corrected chi connectivity index (χ4v) is 2.48. The van der Waals surface area contributed by atoms with Crippen LogP contribution in [0.15, 0.2) is 36.4 Å². The second kappa shape index (κ2) is 7.42. The summed E-state index contributed by atoms with van der Waals surface area (Å²) in [4.78, 5) is 23.4. The number of aryl methyl sites for hydroxylation is 1. The van der Waals surface area contributed by atoms with E-state index >= 15 is 0 Å². The number of aromatic hydroxyl groups is 1. The summed E-state index contributed by atoms with van der Waals surface area (Å²) in [6, 6.07) is 10.2. The van der Waals surface area contributed by atoms with E-state index in [1.165, 1.54) is 0 Å². The Morgan fingerprint density at radius 3 is 2.44 bits per heavy atom. The third kappa shape index (κ3) is 5.67. The average Bonchev–Trinajstić information content (AvgIpc) is 2.49. The average molecular weight is 344 g/mol. The van der Waals surface area contributed by atoms with Gasteiger partial charge in [-0.15, -0.1) is 0 Å². The first-order valence-corrected chi connectivity index (χ1v) is 8.14. The summed E-state index contributed by atoms with van der Waals surface area (Å²) < 4.78 is 5.16. The van der Waals surface area contributed by atoms with Crippen LogP contribution in [0.25, 0.3) is 10.8 Å². The summed E-state index contributed by atoms with van der Waals surface area (Å²) in [5.41, 5.74) is 5.75. The van der Waals surface area contributed by atoms with Gasteiger partial charge < -0.3 is 20.9 Å². The van der Waals surface area contributed by atoms with Gasteiger partial charge in [-0.2, -0.15) is 0 Å². The Morgan fingerprint density at radius 1 is 1.16 bits per heavy atom. The molecule has 2 aromatic rings. The van der Waals surface area contributed by atoms with Crippen LogP contribution < -0.4 is 11.1 Å². The summed E-state index contributed by atoms with van der Waals surface area (Å²) in [6.45, 7) is 5.25. The van der Waals surface area contributed by atoms with Crippen LogP contribution in [0.2, 0.25) is 0 Å². The molecule has 0 saturated heterocycles. The molecule has 0 aliphatic carbocycles. The first-order chi connectivity index (χ1) is 11.6. The molecular formula is C19H24N2O4. The lowest BCUT2D eigenvalue weighted by molar-refractivity contribution is -0.120. The van der Waals surface area contributed by atoms with Crippen LogP contribution in [0.5, 0.6) is 5.75 Å². The van der Waals surface area contributed by atoms with Crippen molar-refractivity contribution in [1.29, 1.82) is 0 Å². The molecule has 0 fully saturated rings. The number of ether oxygens (including phenoxy) is 1. The van der Waals surface area contributed by atoms with Crippen LogP contribution in [-0.2, 0) is 16.0 Å². The molecule has 25 heavy (non-hydrogen) atoms. The molecule has 0 heterocycles. The van der Waals surface area contributed by atoms with Crippen LogP contribution in [0.1, 0.15) is 32.8 Å². The predicted molar refractivity (Wildman–Crippen MR) is 96.3 cm³/mol. The standard InChI is InChI=1S/C19H24N2O4/c1-19(2,3)25-18(24)21-16(17(20)23)9-5-12-4-6-14-11-15(22)8-7-13(14)10-12/h4,6-8,10-11,16,22H,5,9H2,1-3H3,(H2,20,23)(H,21,24). The molecular weight excluding hydrogens is 320 g/mol. The van der Waals surface area contributed by atoms with Crippen molar-refractivity contribution in [3.8, 4) is 5.75 Å². The van der Waals surface area contributed by atoms with Gasteiger partial charge in [0.1, 0.15) is 17.4 Å². The summed E-state index contributed by atoms with van der Waals surface area (Å²) >= 11 is 0. The number of alkyl carbamates (subject to hydrolysis) is 1. The fraction of sp³-hybridized carbons (Fsp3) is 0.368. The van der Waals surface area contributed by atoms with Crippen molar-refractivity contribution >= 4 is 22.8 Å². The predicted octanol–water partition coefficient (Wildman–Crippen LogP) is 2.86. The molecule has 0 aliphatic heterocycles. The number of fused-ring (bicyclic) bond motifs is 1. The second-order valence-corrected chi connectivity index (χ2v) is 7.01. The van der Waals surface area contributed by atoms with Gasteiger partial charge in [-0.05, 0) is 62.1 Å². The molecule has 6 heteroatoms. The molecule has 0 aliphatic rings. The maximum atomic E-state index is 11.8. The third-order valence-electron chi connectivity index (χ3n) is 3.64. The fourth-order valence-electron chi connectivity index (χ4n) is 2.48. The number of benzene rings is 2. The Kier molecular flexibility index (Phi) is 5.51. The number of phenolic OH excluding ortho intramolecular Hbond substituents is 1. The number of rotatable bonds is 5. The smallest absolute Gasteiger partial charge is 0.408 e. The monoisotopic (exact) mass is 344 g/mol. The molecule has 2 rings (SSSR count). The topological polar surface area (TPSA) is 102 Å². The zero-order chi connectivity index (χ0) is 18.6. The van der Waals surface area contributed by atoms with Gasteiger partial charge in [0.15, 0.2) is 0 Å². The highest BCUT2D eigenvalue weighted by atomic mass is 16.6. The number of carbonyl (C=O) groups is 2. The zero-order valence-corrected chi connectivity index (χ0v) is 14.7. The molecule has 0 bridgehead atoms. The SMILES string of the molecule is CC(C)(C)OC(=O)NC(CCc1ccc2cc(O)ccc2c1)C(N)=O. The van der Waals surface area contributed by atoms with E-state index < -0.39 is 23.6 Å². The van der Waals surface area contributed by atoms with Crippen molar-refractivity contribution in [2.24, 2.45) is 5.73 Å². The van der Waals surface area contributed by atoms with Crippen LogP contribution in [-0.4, -0.2) is 28.7 Å². The molecule has 0 saturated carbocycles. The van der Waals surface area contributed by atoms with Gasteiger partial charge in [-0.1, -0.05) is 24.3 Å². The van der Waals surface area contributed by atoms with E-state index in [-0.39, 0.29) is 5.75 Å². The van der Waals surface area contributed by atoms with Crippen LogP contribution in [0, 0.1) is 0 Å². The molecule has 2 amide bonds. The number of amides is 2. The quantitative estimate of drug-likeness (QED) is 0.776. The lowest BCUT2D eigenvalue weighted by Gasteiger charge is -2.22. The normalized spacial score (nSPS) is 12.6. The largest absolute Gasteiger partial charge is 0.508 e. The zero-order valence-electron chi connectivity index (χ0n) is 14.7. The van der Waals surface area contributed by atoms with E-state index in [4.69, 9.17) is 10.5 Å². The molecule has 134 valence electrons. The summed E-state index contributed by atoms with van der Waals surface area (Å²) in [5.74, 6) is -0.382. The molecule has 6 nitrogen and oxygen atoms in total. The molecule has 2 aromatic carbocycles. The molecule has 0 radical (unpaired) electrons. The Balaban J connectivity index is 2.02. The number of carbonyl (C=O) groups excluding carboxylic acids is 2. The highest BCUT2D eigenvalue weighted by Crippen LogP contribution is 2.21. The lowest BCUT2D eigenvalue weighted by Crippen LogP contribution is -2.46. The van der Waals surface area contributed by atoms with Gasteiger partial charge >= 0.3 is 6.09 Å². The van der Waals surface area contributed by atoms with Crippen LogP contribution >= 0.6 is 0 Å². The minimum atomic E-state index is -0.801. The second-order valence-electron chi connectivity index (χ2n) is 7.01. The molecule has 1 unspecified atom stereocenters. The maximum Gasteiger partial charge on any atom is 0.408 e. The highest BCUT2D eigenvalue weighted by molar-refractivity contribution is 5.85. The van der Waals surface area contributed by atoms with Crippen molar-refractivity contribution in [3.05, 3.63) is 42.0 Å². The van der Waals surface area contributed by atoms with E-state index in [1.807, 2.05) is 24.3 Å². The van der Waals surface area contributed by atoms with Gasteiger partial charge in [0.05, 0.1) is 0 Å². The first kappa shape index (κ1) is 18.6. The highest BCUT2D eigenvalue weighted by Gasteiger charge is 2.22. The van der Waals surface area contributed by atoms with Gasteiger partial charge in [-0.3, -0.25) is 4.79 Å². The Bertz CT molecular complexity index is 781. The molecule has 4 N–H and O–H groups in total. The van der Waals surface area contributed by atoms with Crippen LogP contribution in [0.3, 0.4) is 0 Å². The van der Waals surface area contributed by atoms with Crippen LogP contribution in [0.4, 0.5) is 4.79 Å². The van der Waals surface area contributed by atoms with Gasteiger partial charge in [0.2, 0.25) is 5.91 Å². The molecule has 0 aromatic heterocycles. The van der Waals surface area contributed by atoms with Crippen molar-refractivity contribution in [1.82, 2.24) is 5.32 Å². The van der Waals surface area contributed by atoms with Gasteiger partial charge in [0, 0.05) is 0 Å². The Morgan fingerprint density at radius 2 is 1.80 bits per heavy atom. The summed E-state index contributed by atoms with van der Waals surface area (Å²) in [7, 11) is 0. The van der Waals surface area contributed by atoms with Crippen molar-refractivity contribution in [3.63, 3.8) is 0 Å². The number of hydrogen-bond acceptors (Lipinski definition) is 4. The van der Waals surface area contributed by atoms with Crippen molar-refractivity contribution in [2.45, 2.75) is 45.3 Å². The Labute approximate surface area is 147 Å². The summed E-state index contributed by atoms with van der Waals surface area (Å²) in [5, 5.41) is 13.9. The molecule has 1 atom stereocenters. The van der Waals surface area contributed by atoms with Crippen molar-refractivity contribution in [2.75, 3.05) is 0 Å². The van der Waals surface area contributed by atoms with E-state index in [0.29, 0.717) is 12.8 Å². The Hall–Kier alpha value is -2.76. The number of hydrogen-bond donors (Lipinski definition) is 3. The van der Waals surface area contributed by atoms with Crippen molar-refractivity contribution < 1.29 is 19.4 Å². The van der Waals surface area contributed by atoms with E-state index in [0.717, 1.165) is 16.3 Å². The minimum Gasteiger partial charge on any atom is -0.508 e. The summed E-state index contributed by atoms with van der Waals surface area (Å²) in [6.07, 6.45) is 0.281. The number of primary amides is 1. The van der Waals surface area contributed by atoms with E-state index in [1.54, 1.807) is 32.9 Å². The number of phenols is 1. The molecule has 0 spiro atoms. The maximum absolute atomic E-state index is 11.8.